The summed E-state index contributed by atoms with van der Waals surface area (Å²) in [6, 6.07) is 21.7. The standard InChI is InChI=1S/C28H32ClN3O4S/c1-4-30-28(34)22(3)31(18-17-23-11-7-5-8-12-23)27(33)20-32(26-19-24(29)16-15-21(26)2)37(35,36)25-13-9-6-10-14-25/h5-16,19,22H,4,17-18,20H2,1-3H3,(H,30,34)/t22-/m1/s1. The van der Waals surface area contributed by atoms with E-state index in [1.807, 2.05) is 30.3 Å². The number of nitrogens with one attached hydrogen (secondary N) is 1. The molecule has 0 spiro atoms. The van der Waals surface area contributed by atoms with Crippen molar-refractivity contribution >= 4 is 39.1 Å². The molecule has 0 bridgehead atoms. The first-order valence-corrected chi connectivity index (χ1v) is 13.9. The van der Waals surface area contributed by atoms with E-state index in [1.165, 1.54) is 23.1 Å². The van der Waals surface area contributed by atoms with Crippen molar-refractivity contribution < 1.29 is 18.0 Å². The predicted molar refractivity (Wildman–Crippen MR) is 147 cm³/mol. The Balaban J connectivity index is 2.00. The maximum atomic E-state index is 13.8. The zero-order chi connectivity index (χ0) is 27.0. The number of carbonyl (C=O) groups is 2. The summed E-state index contributed by atoms with van der Waals surface area (Å²) in [6.45, 7) is 5.38. The van der Waals surface area contributed by atoms with Crippen LogP contribution in [0.3, 0.4) is 0 Å². The fraction of sp³-hybridized carbons (Fsp3) is 0.286. The molecule has 0 heterocycles. The third-order valence-electron chi connectivity index (χ3n) is 6.05. The Kier molecular flexibility index (Phi) is 9.72. The van der Waals surface area contributed by atoms with E-state index in [4.69, 9.17) is 11.6 Å². The highest BCUT2D eigenvalue weighted by Crippen LogP contribution is 2.29. The van der Waals surface area contributed by atoms with Gasteiger partial charge in [0.15, 0.2) is 0 Å². The van der Waals surface area contributed by atoms with E-state index in [1.54, 1.807) is 51.1 Å². The SMILES string of the molecule is CCNC(=O)[C@@H](C)N(CCc1ccccc1)C(=O)CN(c1cc(Cl)ccc1C)S(=O)(=O)c1ccccc1. The summed E-state index contributed by atoms with van der Waals surface area (Å²) < 4.78 is 28.6. The summed E-state index contributed by atoms with van der Waals surface area (Å²) in [5.74, 6) is -0.797. The number of carbonyl (C=O) groups excluding carboxylic acids is 2. The van der Waals surface area contributed by atoms with Crippen molar-refractivity contribution in [3.05, 3.63) is 95.0 Å². The minimum atomic E-state index is -4.12. The van der Waals surface area contributed by atoms with Gasteiger partial charge in [-0.05, 0) is 62.6 Å². The van der Waals surface area contributed by atoms with E-state index in [-0.39, 0.29) is 17.3 Å². The Morgan fingerprint density at radius 3 is 2.22 bits per heavy atom. The average molecular weight is 542 g/mol. The van der Waals surface area contributed by atoms with E-state index in [2.05, 4.69) is 5.32 Å². The van der Waals surface area contributed by atoms with Crippen LogP contribution < -0.4 is 9.62 Å². The molecule has 0 aliphatic carbocycles. The molecular weight excluding hydrogens is 510 g/mol. The molecule has 0 aliphatic rings. The molecule has 0 unspecified atom stereocenters. The van der Waals surface area contributed by atoms with Gasteiger partial charge < -0.3 is 10.2 Å². The Labute approximate surface area is 224 Å². The summed E-state index contributed by atoms with van der Waals surface area (Å²) in [5, 5.41) is 3.10. The Hall–Kier alpha value is -3.36. The maximum absolute atomic E-state index is 13.8. The van der Waals surface area contributed by atoms with Gasteiger partial charge >= 0.3 is 0 Å². The molecule has 0 saturated heterocycles. The average Bonchev–Trinajstić information content (AvgIpc) is 2.90. The second kappa shape index (κ2) is 12.7. The van der Waals surface area contributed by atoms with E-state index < -0.39 is 28.5 Å². The van der Waals surface area contributed by atoms with Crippen LogP contribution in [0.5, 0.6) is 0 Å². The summed E-state index contributed by atoms with van der Waals surface area (Å²) >= 11 is 6.23. The summed E-state index contributed by atoms with van der Waals surface area (Å²) in [7, 11) is -4.12. The van der Waals surface area contributed by atoms with Crippen molar-refractivity contribution in [2.75, 3.05) is 23.9 Å². The first kappa shape index (κ1) is 28.2. The molecule has 2 amide bonds. The number of sulfonamides is 1. The van der Waals surface area contributed by atoms with Crippen LogP contribution in [-0.2, 0) is 26.0 Å². The Bertz CT molecular complexity index is 1320. The molecule has 0 fully saturated rings. The molecular formula is C28H32ClN3O4S. The van der Waals surface area contributed by atoms with Crippen molar-refractivity contribution in [3.63, 3.8) is 0 Å². The van der Waals surface area contributed by atoms with Crippen molar-refractivity contribution in [2.45, 2.75) is 38.1 Å². The van der Waals surface area contributed by atoms with Crippen molar-refractivity contribution in [2.24, 2.45) is 0 Å². The molecule has 196 valence electrons. The zero-order valence-corrected chi connectivity index (χ0v) is 22.8. The number of benzene rings is 3. The lowest BCUT2D eigenvalue weighted by Crippen LogP contribution is -2.52. The van der Waals surface area contributed by atoms with Crippen LogP contribution in [0, 0.1) is 6.92 Å². The van der Waals surface area contributed by atoms with Gasteiger partial charge in [-0.2, -0.15) is 0 Å². The van der Waals surface area contributed by atoms with E-state index >= 15 is 0 Å². The highest BCUT2D eigenvalue weighted by molar-refractivity contribution is 7.92. The largest absolute Gasteiger partial charge is 0.355 e. The van der Waals surface area contributed by atoms with Gasteiger partial charge in [0, 0.05) is 18.1 Å². The van der Waals surface area contributed by atoms with Crippen molar-refractivity contribution in [3.8, 4) is 0 Å². The molecule has 0 radical (unpaired) electrons. The molecule has 1 atom stereocenters. The van der Waals surface area contributed by atoms with Gasteiger partial charge in [0.2, 0.25) is 11.8 Å². The number of aryl methyl sites for hydroxylation is 1. The normalized spacial score (nSPS) is 12.0. The van der Waals surface area contributed by atoms with Gasteiger partial charge in [0.25, 0.3) is 10.0 Å². The number of hydrogen-bond acceptors (Lipinski definition) is 4. The lowest BCUT2D eigenvalue weighted by molar-refractivity contribution is -0.138. The van der Waals surface area contributed by atoms with Crippen LogP contribution in [0.1, 0.15) is 25.0 Å². The second-order valence-electron chi connectivity index (χ2n) is 8.65. The highest BCUT2D eigenvalue weighted by Gasteiger charge is 2.32. The maximum Gasteiger partial charge on any atom is 0.264 e. The molecule has 0 aliphatic heterocycles. The van der Waals surface area contributed by atoms with Crippen LogP contribution >= 0.6 is 11.6 Å². The minimum absolute atomic E-state index is 0.0507. The van der Waals surface area contributed by atoms with Gasteiger partial charge in [-0.25, -0.2) is 8.42 Å². The van der Waals surface area contributed by atoms with Crippen LogP contribution in [0.25, 0.3) is 0 Å². The molecule has 0 aromatic heterocycles. The summed E-state index contributed by atoms with van der Waals surface area (Å²) in [6.07, 6.45) is 0.512. The molecule has 37 heavy (non-hydrogen) atoms. The Morgan fingerprint density at radius 2 is 1.59 bits per heavy atom. The molecule has 3 rings (SSSR count). The van der Waals surface area contributed by atoms with E-state index in [0.29, 0.717) is 29.2 Å². The minimum Gasteiger partial charge on any atom is -0.355 e. The van der Waals surface area contributed by atoms with Crippen LogP contribution in [0.2, 0.25) is 5.02 Å². The van der Waals surface area contributed by atoms with Gasteiger partial charge in [-0.1, -0.05) is 66.2 Å². The third kappa shape index (κ3) is 7.11. The number of anilines is 1. The third-order valence-corrected chi connectivity index (χ3v) is 8.06. The lowest BCUT2D eigenvalue weighted by atomic mass is 10.1. The second-order valence-corrected chi connectivity index (χ2v) is 10.9. The molecule has 1 N–H and O–H groups in total. The molecule has 7 nitrogen and oxygen atoms in total. The van der Waals surface area contributed by atoms with Gasteiger partial charge in [-0.15, -0.1) is 0 Å². The number of nitrogens with zero attached hydrogens (tertiary/aromatic N) is 2. The van der Waals surface area contributed by atoms with Crippen LogP contribution in [0.4, 0.5) is 5.69 Å². The predicted octanol–water partition coefficient (Wildman–Crippen LogP) is 4.44. The first-order valence-electron chi connectivity index (χ1n) is 12.1. The summed E-state index contributed by atoms with van der Waals surface area (Å²) in [5.41, 5.74) is 1.95. The summed E-state index contributed by atoms with van der Waals surface area (Å²) in [4.78, 5) is 28.0. The van der Waals surface area contributed by atoms with E-state index in [9.17, 15) is 18.0 Å². The monoisotopic (exact) mass is 541 g/mol. The van der Waals surface area contributed by atoms with Crippen molar-refractivity contribution in [1.29, 1.82) is 0 Å². The lowest BCUT2D eigenvalue weighted by Gasteiger charge is -2.32. The van der Waals surface area contributed by atoms with Crippen LogP contribution in [0.15, 0.2) is 83.8 Å². The molecule has 9 heteroatoms. The quantitative estimate of drug-likeness (QED) is 0.389. The van der Waals surface area contributed by atoms with Crippen LogP contribution in [-0.4, -0.2) is 50.8 Å². The number of rotatable bonds is 11. The fourth-order valence-corrected chi connectivity index (χ4v) is 5.63. The zero-order valence-electron chi connectivity index (χ0n) is 21.2. The molecule has 0 saturated carbocycles. The number of amides is 2. The molecule has 3 aromatic carbocycles. The van der Waals surface area contributed by atoms with Crippen molar-refractivity contribution in [1.82, 2.24) is 10.2 Å². The van der Waals surface area contributed by atoms with Gasteiger partial charge in [0.05, 0.1) is 10.6 Å². The fourth-order valence-electron chi connectivity index (χ4n) is 3.98. The van der Waals surface area contributed by atoms with E-state index in [0.717, 1.165) is 9.87 Å². The topological polar surface area (TPSA) is 86.8 Å². The number of hydrogen-bond donors (Lipinski definition) is 1. The smallest absolute Gasteiger partial charge is 0.264 e. The van der Waals surface area contributed by atoms with Gasteiger partial charge in [-0.3, -0.25) is 13.9 Å². The van der Waals surface area contributed by atoms with Gasteiger partial charge in [0.1, 0.15) is 12.6 Å². The number of likely N-dealkylation sites (N-methyl/N-ethyl adjacent to an activating group) is 1. The molecule has 3 aromatic rings. The highest BCUT2D eigenvalue weighted by atomic mass is 35.5. The number of halogens is 1. The Morgan fingerprint density at radius 1 is 0.973 bits per heavy atom. The first-order chi connectivity index (χ1) is 17.6.